The van der Waals surface area contributed by atoms with E-state index in [1.807, 2.05) is 23.5 Å². The largest absolute Gasteiger partial charge is 0.143 e. The van der Waals surface area contributed by atoms with Crippen molar-refractivity contribution in [2.45, 2.75) is 27.7 Å². The van der Waals surface area contributed by atoms with Crippen molar-refractivity contribution in [1.29, 1.82) is 0 Å². The molecule has 0 unspecified atom stereocenters. The summed E-state index contributed by atoms with van der Waals surface area (Å²) in [6.45, 7) is 8.46. The van der Waals surface area contributed by atoms with Crippen LogP contribution < -0.4 is 0 Å². The number of rotatable bonds is 7. The minimum atomic E-state index is 1.31. The van der Waals surface area contributed by atoms with E-state index in [1.54, 1.807) is 22.7 Å². The molecule has 0 saturated heterocycles. The van der Waals surface area contributed by atoms with Crippen molar-refractivity contribution in [3.63, 3.8) is 0 Å². The van der Waals surface area contributed by atoms with Crippen LogP contribution in [0.15, 0.2) is 69.1 Å². The Hall–Kier alpha value is -0.940. The average Bonchev–Trinajstić information content (AvgIpc) is 3.31. The van der Waals surface area contributed by atoms with Gasteiger partial charge in [-0.15, -0.1) is 22.7 Å². The maximum atomic E-state index is 2.21. The Morgan fingerprint density at radius 3 is 1.38 bits per heavy atom. The average molecular weight is 391 g/mol. The van der Waals surface area contributed by atoms with Crippen LogP contribution in [-0.2, 0) is 0 Å². The van der Waals surface area contributed by atoms with E-state index in [2.05, 4.69) is 87.0 Å². The zero-order chi connectivity index (χ0) is 17.4. The topological polar surface area (TPSA) is 0 Å². The smallest absolute Gasteiger partial charge is 0.0406 e. The third-order valence-corrected chi connectivity index (χ3v) is 8.16. The molecule has 126 valence electrons. The van der Waals surface area contributed by atoms with Crippen LogP contribution in [0.2, 0.25) is 0 Å². The lowest BCUT2D eigenvalue weighted by atomic mass is 10.4. The first-order valence-corrected chi connectivity index (χ1v) is 11.2. The maximum Gasteiger partial charge on any atom is 0.0406 e. The van der Waals surface area contributed by atoms with Crippen LogP contribution in [0.25, 0.3) is 9.81 Å². The quantitative estimate of drug-likeness (QED) is 0.434. The molecule has 2 rings (SSSR count). The highest BCUT2D eigenvalue weighted by Gasteiger charge is 2.13. The van der Waals surface area contributed by atoms with Gasteiger partial charge in [0.2, 0.25) is 0 Å². The van der Waals surface area contributed by atoms with Gasteiger partial charge in [-0.2, -0.15) is 0 Å². The Morgan fingerprint density at radius 1 is 0.708 bits per heavy atom. The number of thioether (sulfide) groups is 2. The van der Waals surface area contributed by atoms with Gasteiger partial charge in [-0.1, -0.05) is 60.0 Å². The van der Waals surface area contributed by atoms with Crippen LogP contribution in [0.5, 0.6) is 0 Å². The third kappa shape index (κ3) is 5.03. The van der Waals surface area contributed by atoms with Crippen LogP contribution in [0, 0.1) is 0 Å². The fraction of sp³-hybridized carbons (Fsp3) is 0.200. The summed E-state index contributed by atoms with van der Waals surface area (Å²) in [4.78, 5) is 7.89. The summed E-state index contributed by atoms with van der Waals surface area (Å²) in [5.74, 6) is 0. The molecule has 0 aliphatic rings. The van der Waals surface area contributed by atoms with Crippen LogP contribution in [0.1, 0.15) is 37.4 Å². The standard InChI is InChI=1S/C20H22S4/c1-5-15(23-17(7-3)19-11-9-13-21-19)16(6-2)24-18(8-4)20-12-10-14-22-20/h5-14H,1-4H3/b15-5-,16-6-,17-7-,18-8-. The van der Waals surface area contributed by atoms with Gasteiger partial charge >= 0.3 is 0 Å². The van der Waals surface area contributed by atoms with Gasteiger partial charge in [0.05, 0.1) is 0 Å². The van der Waals surface area contributed by atoms with Gasteiger partial charge < -0.3 is 0 Å². The van der Waals surface area contributed by atoms with Gasteiger partial charge in [-0.3, -0.25) is 0 Å². The molecule has 24 heavy (non-hydrogen) atoms. The van der Waals surface area contributed by atoms with E-state index in [0.717, 1.165) is 0 Å². The normalized spacial score (nSPS) is 14.3. The van der Waals surface area contributed by atoms with Crippen LogP contribution in [0.4, 0.5) is 0 Å². The second kappa shape index (κ2) is 10.1. The molecule has 0 bridgehead atoms. The van der Waals surface area contributed by atoms with Crippen LogP contribution in [0.3, 0.4) is 0 Å². The van der Waals surface area contributed by atoms with Crippen molar-refractivity contribution in [1.82, 2.24) is 0 Å². The van der Waals surface area contributed by atoms with Gasteiger partial charge in [0, 0.05) is 29.4 Å². The zero-order valence-corrected chi connectivity index (χ0v) is 17.7. The fourth-order valence-corrected chi connectivity index (χ4v) is 5.98. The summed E-state index contributed by atoms with van der Waals surface area (Å²) in [5.41, 5.74) is 0. The maximum absolute atomic E-state index is 2.21. The van der Waals surface area contributed by atoms with E-state index in [4.69, 9.17) is 0 Å². The van der Waals surface area contributed by atoms with Gasteiger partial charge in [0.25, 0.3) is 0 Å². The molecule has 0 saturated carbocycles. The molecule has 0 atom stereocenters. The zero-order valence-electron chi connectivity index (χ0n) is 14.4. The molecule has 0 N–H and O–H groups in total. The minimum Gasteiger partial charge on any atom is -0.143 e. The number of thiophene rings is 2. The van der Waals surface area contributed by atoms with Gasteiger partial charge in [-0.25, -0.2) is 0 Å². The minimum absolute atomic E-state index is 1.31. The fourth-order valence-electron chi connectivity index (χ4n) is 2.08. The molecule has 4 heteroatoms. The predicted molar refractivity (Wildman–Crippen MR) is 119 cm³/mol. The first-order chi connectivity index (χ1) is 11.7. The molecule has 0 aromatic carbocycles. The summed E-state index contributed by atoms with van der Waals surface area (Å²) in [5, 5.41) is 4.27. The first kappa shape index (κ1) is 19.4. The number of hydrogen-bond acceptors (Lipinski definition) is 4. The summed E-state index contributed by atoms with van der Waals surface area (Å²) in [6, 6.07) is 8.59. The van der Waals surface area contributed by atoms with Crippen molar-refractivity contribution in [2.75, 3.05) is 0 Å². The van der Waals surface area contributed by atoms with Crippen molar-refractivity contribution in [3.05, 3.63) is 78.9 Å². The third-order valence-electron chi connectivity index (χ3n) is 3.26. The summed E-state index contributed by atoms with van der Waals surface area (Å²) in [7, 11) is 0. The lowest BCUT2D eigenvalue weighted by molar-refractivity contribution is 1.63. The highest BCUT2D eigenvalue weighted by atomic mass is 32.2. The first-order valence-electron chi connectivity index (χ1n) is 7.82. The van der Waals surface area contributed by atoms with Crippen LogP contribution >= 0.6 is 46.2 Å². The summed E-state index contributed by atoms with van der Waals surface area (Å²) >= 11 is 7.28. The Morgan fingerprint density at radius 2 is 1.12 bits per heavy atom. The lowest BCUT2D eigenvalue weighted by Crippen LogP contribution is -1.84. The summed E-state index contributed by atoms with van der Waals surface area (Å²) in [6.07, 6.45) is 8.83. The predicted octanol–water partition coefficient (Wildman–Crippen LogP) is 8.51. The lowest BCUT2D eigenvalue weighted by Gasteiger charge is -2.14. The Bertz CT molecular complexity index is 675. The molecule has 0 nitrogen and oxygen atoms in total. The number of allylic oxidation sites excluding steroid dienone is 4. The van der Waals surface area contributed by atoms with Crippen molar-refractivity contribution in [2.24, 2.45) is 0 Å². The van der Waals surface area contributed by atoms with Gasteiger partial charge in [0.15, 0.2) is 0 Å². The van der Waals surface area contributed by atoms with E-state index in [9.17, 15) is 0 Å². The molecule has 0 aliphatic carbocycles. The molecule has 2 aromatic heterocycles. The molecular weight excluding hydrogens is 368 g/mol. The second-order valence-corrected chi connectivity index (χ2v) is 8.83. The van der Waals surface area contributed by atoms with Gasteiger partial charge in [0.1, 0.15) is 0 Å². The van der Waals surface area contributed by atoms with E-state index in [0.29, 0.717) is 0 Å². The van der Waals surface area contributed by atoms with Crippen molar-refractivity contribution < 1.29 is 0 Å². The van der Waals surface area contributed by atoms with E-state index < -0.39 is 0 Å². The van der Waals surface area contributed by atoms with Crippen molar-refractivity contribution >= 4 is 56.0 Å². The van der Waals surface area contributed by atoms with Crippen LogP contribution in [-0.4, -0.2) is 0 Å². The molecular formula is C20H22S4. The molecule has 2 aromatic rings. The summed E-state index contributed by atoms with van der Waals surface area (Å²) < 4.78 is 0. The molecule has 0 spiro atoms. The molecule has 0 fully saturated rings. The Labute approximate surface area is 162 Å². The monoisotopic (exact) mass is 390 g/mol. The second-order valence-electron chi connectivity index (χ2n) is 4.77. The molecule has 2 heterocycles. The molecule has 0 aliphatic heterocycles. The molecule has 0 amide bonds. The number of hydrogen-bond donors (Lipinski definition) is 0. The highest BCUT2D eigenvalue weighted by Crippen LogP contribution is 2.46. The Balaban J connectivity index is 2.19. The van der Waals surface area contributed by atoms with E-state index in [1.165, 1.54) is 29.4 Å². The van der Waals surface area contributed by atoms with Crippen molar-refractivity contribution in [3.8, 4) is 0 Å². The molecule has 0 radical (unpaired) electrons. The van der Waals surface area contributed by atoms with E-state index >= 15 is 0 Å². The van der Waals surface area contributed by atoms with E-state index in [-0.39, 0.29) is 0 Å². The SMILES string of the molecule is C/C=C(S/C(=C\C)c1cccs1)/C(=C/C)S/C(=C\C)c1cccs1. The Kier molecular flexibility index (Phi) is 8.19. The highest BCUT2D eigenvalue weighted by molar-refractivity contribution is 8.16. The van der Waals surface area contributed by atoms with Gasteiger partial charge in [-0.05, 0) is 50.6 Å².